The highest BCUT2D eigenvalue weighted by Gasteiger charge is 2.51. The fourth-order valence-electron chi connectivity index (χ4n) is 11.4. The second-order valence-electron chi connectivity index (χ2n) is 19.7. The third kappa shape index (κ3) is 5.58. The SMILES string of the molecule is CC(C)(C)c1ccc(N2c3cc(N(c4ccccc4)c4ccccc4)cc4c3B(c3ccc5oc6ccccc6c5c32)N2c3ccccc3[Si](C)(C)c3cccc-4c32)c(-c2ccccc2)c1. The molecule has 10 aromatic rings. The molecule has 0 saturated carbocycles. The summed E-state index contributed by atoms with van der Waals surface area (Å²) in [7, 11) is -2.16. The van der Waals surface area contributed by atoms with E-state index in [4.69, 9.17) is 4.42 Å². The van der Waals surface area contributed by atoms with E-state index in [-0.39, 0.29) is 12.3 Å². The lowest BCUT2D eigenvalue weighted by Gasteiger charge is -2.51. The molecule has 4 heterocycles. The zero-order valence-electron chi connectivity index (χ0n) is 37.9. The van der Waals surface area contributed by atoms with Gasteiger partial charge in [-0.15, -0.1) is 0 Å². The van der Waals surface area contributed by atoms with Crippen LogP contribution in [-0.4, -0.2) is 14.9 Å². The molecule has 9 aromatic carbocycles. The highest BCUT2D eigenvalue weighted by atomic mass is 28.3. The van der Waals surface area contributed by atoms with Gasteiger partial charge in [-0.05, 0) is 110 Å². The number of benzene rings is 9. The van der Waals surface area contributed by atoms with Crippen molar-refractivity contribution < 1.29 is 4.42 Å². The van der Waals surface area contributed by atoms with E-state index in [1.165, 1.54) is 60.5 Å². The van der Waals surface area contributed by atoms with Crippen molar-refractivity contribution in [3.05, 3.63) is 206 Å². The van der Waals surface area contributed by atoms with E-state index < -0.39 is 8.07 Å². The first kappa shape index (κ1) is 38.9. The summed E-state index contributed by atoms with van der Waals surface area (Å²) in [5.74, 6) is 0. The zero-order chi connectivity index (χ0) is 44.5. The predicted octanol–water partition coefficient (Wildman–Crippen LogP) is 13.9. The highest BCUT2D eigenvalue weighted by molar-refractivity contribution is 7.05. The number of anilines is 8. The molecule has 0 spiro atoms. The van der Waals surface area contributed by atoms with Crippen LogP contribution in [0.15, 0.2) is 205 Å². The average Bonchev–Trinajstić information content (AvgIpc) is 3.73. The minimum Gasteiger partial charge on any atom is -0.456 e. The van der Waals surface area contributed by atoms with Gasteiger partial charge in [0.2, 0.25) is 0 Å². The van der Waals surface area contributed by atoms with E-state index in [2.05, 4.69) is 249 Å². The van der Waals surface area contributed by atoms with Gasteiger partial charge in [0.05, 0.1) is 16.8 Å². The standard InChI is InChI=1S/C60H48BN3OSi/c1-60(2,3)40-32-34-49(46(36-40)39-20-9-6-10-21-39)63-51-38-43(62(41-22-11-7-12-23-41)42-24-13-8-14-25-42)37-47-44-27-19-31-55-58(44)64(50-28-16-18-30-54(50)66(55,4)5)61(57(47)51)48-33-35-53-56(59(48)63)45-26-15-17-29-52(45)65-53/h6-38H,1-5H3. The largest absolute Gasteiger partial charge is 0.456 e. The quantitative estimate of drug-likeness (QED) is 0.161. The first-order valence-corrected chi connectivity index (χ1v) is 26.2. The molecule has 0 saturated heterocycles. The Kier molecular flexibility index (Phi) is 8.38. The van der Waals surface area contributed by atoms with Crippen LogP contribution >= 0.6 is 0 Å². The Labute approximate surface area is 388 Å². The molecule has 13 rings (SSSR count). The lowest BCUT2D eigenvalue weighted by Crippen LogP contribution is -2.68. The summed E-state index contributed by atoms with van der Waals surface area (Å²) < 4.78 is 6.83. The second-order valence-corrected chi connectivity index (χ2v) is 24.0. The van der Waals surface area contributed by atoms with Crippen LogP contribution in [0.5, 0.6) is 0 Å². The van der Waals surface area contributed by atoms with E-state index in [9.17, 15) is 0 Å². The van der Waals surface area contributed by atoms with Crippen molar-refractivity contribution in [2.45, 2.75) is 39.3 Å². The van der Waals surface area contributed by atoms with Gasteiger partial charge >= 0.3 is 6.85 Å². The van der Waals surface area contributed by atoms with Crippen LogP contribution in [0.3, 0.4) is 0 Å². The van der Waals surface area contributed by atoms with E-state index in [0.29, 0.717) is 0 Å². The van der Waals surface area contributed by atoms with Crippen molar-refractivity contribution in [3.63, 3.8) is 0 Å². The van der Waals surface area contributed by atoms with Crippen molar-refractivity contribution in [1.82, 2.24) is 0 Å². The molecule has 66 heavy (non-hydrogen) atoms. The summed E-state index contributed by atoms with van der Waals surface area (Å²) in [5.41, 5.74) is 19.9. The number of rotatable bonds is 5. The van der Waals surface area contributed by atoms with Gasteiger partial charge in [0.25, 0.3) is 0 Å². The van der Waals surface area contributed by atoms with Crippen LogP contribution < -0.4 is 35.9 Å². The molecule has 6 heteroatoms. The number of fused-ring (bicyclic) bond motifs is 10. The van der Waals surface area contributed by atoms with Crippen molar-refractivity contribution in [2.24, 2.45) is 0 Å². The summed E-state index contributed by atoms with van der Waals surface area (Å²) in [6, 6.07) is 74.4. The fourth-order valence-corrected chi connectivity index (χ4v) is 14.4. The smallest absolute Gasteiger partial charge is 0.333 e. The van der Waals surface area contributed by atoms with Crippen LogP contribution in [0.25, 0.3) is 44.2 Å². The van der Waals surface area contributed by atoms with E-state index in [1.807, 2.05) is 0 Å². The Hall–Kier alpha value is -7.54. The van der Waals surface area contributed by atoms with Crippen LogP contribution in [0.2, 0.25) is 13.1 Å². The molecule has 0 N–H and O–H groups in total. The summed E-state index contributed by atoms with van der Waals surface area (Å²) in [4.78, 5) is 7.77. The van der Waals surface area contributed by atoms with Crippen molar-refractivity contribution >= 4 is 104 Å². The van der Waals surface area contributed by atoms with E-state index >= 15 is 0 Å². The number of para-hydroxylation sites is 5. The maximum Gasteiger partial charge on any atom is 0.333 e. The van der Waals surface area contributed by atoms with Gasteiger partial charge in [0.15, 0.2) is 0 Å². The van der Waals surface area contributed by atoms with Gasteiger partial charge in [-0.1, -0.05) is 167 Å². The van der Waals surface area contributed by atoms with Crippen LogP contribution in [0.1, 0.15) is 26.3 Å². The highest BCUT2D eigenvalue weighted by Crippen LogP contribution is 2.53. The lowest BCUT2D eigenvalue weighted by atomic mass is 9.43. The molecule has 316 valence electrons. The molecule has 4 nitrogen and oxygen atoms in total. The minimum atomic E-state index is -2.16. The van der Waals surface area contributed by atoms with Gasteiger partial charge in [-0.2, -0.15) is 0 Å². The molecule has 1 aromatic heterocycles. The molecule has 0 aliphatic carbocycles. The molecule has 0 fully saturated rings. The Morgan fingerprint density at radius 1 is 0.500 bits per heavy atom. The third-order valence-corrected chi connectivity index (χ3v) is 18.1. The minimum absolute atomic E-state index is 0.0634. The molecule has 0 bridgehead atoms. The fraction of sp³-hybridized carbons (Fsp3) is 0.100. The topological polar surface area (TPSA) is 22.9 Å². The average molecular weight is 866 g/mol. The first-order chi connectivity index (χ1) is 32.2. The van der Waals surface area contributed by atoms with Crippen molar-refractivity contribution in [2.75, 3.05) is 14.6 Å². The normalized spacial score (nSPS) is 14.2. The van der Waals surface area contributed by atoms with E-state index in [1.54, 1.807) is 0 Å². The lowest BCUT2D eigenvalue weighted by molar-refractivity contribution is 0.590. The summed E-state index contributed by atoms with van der Waals surface area (Å²) in [6.07, 6.45) is 0. The monoisotopic (exact) mass is 865 g/mol. The number of hydrogen-bond acceptors (Lipinski definition) is 4. The summed E-state index contributed by atoms with van der Waals surface area (Å²) >= 11 is 0. The predicted molar refractivity (Wildman–Crippen MR) is 283 cm³/mol. The van der Waals surface area contributed by atoms with Gasteiger partial charge in [0, 0.05) is 50.6 Å². The molecule has 0 amide bonds. The van der Waals surface area contributed by atoms with Crippen molar-refractivity contribution in [3.8, 4) is 22.3 Å². The molecular formula is C60H48BN3OSi. The number of furan rings is 1. The second kappa shape index (κ2) is 14.2. The molecule has 0 unspecified atom stereocenters. The van der Waals surface area contributed by atoms with Gasteiger partial charge in [-0.3, -0.25) is 0 Å². The molecule has 0 atom stereocenters. The zero-order valence-corrected chi connectivity index (χ0v) is 38.9. The van der Waals surface area contributed by atoms with Crippen molar-refractivity contribution in [1.29, 1.82) is 0 Å². The molecule has 0 radical (unpaired) electrons. The summed E-state index contributed by atoms with van der Waals surface area (Å²) in [5, 5.41) is 5.18. The first-order valence-electron chi connectivity index (χ1n) is 23.2. The Morgan fingerprint density at radius 3 is 1.91 bits per heavy atom. The van der Waals surface area contributed by atoms with Gasteiger partial charge in [-0.25, -0.2) is 0 Å². The Balaban J connectivity index is 1.23. The van der Waals surface area contributed by atoms with E-state index in [0.717, 1.165) is 56.1 Å². The maximum absolute atomic E-state index is 6.83. The maximum atomic E-state index is 6.83. The third-order valence-electron chi connectivity index (χ3n) is 14.5. The Morgan fingerprint density at radius 2 is 1.17 bits per heavy atom. The molecule has 3 aliphatic rings. The summed E-state index contributed by atoms with van der Waals surface area (Å²) in [6.45, 7) is 11.9. The van der Waals surface area contributed by atoms with Crippen LogP contribution in [0, 0.1) is 0 Å². The molecule has 3 aliphatic heterocycles. The molecular weight excluding hydrogens is 818 g/mol. The van der Waals surface area contributed by atoms with Crippen LogP contribution in [0.4, 0.5) is 45.5 Å². The van der Waals surface area contributed by atoms with Gasteiger partial charge < -0.3 is 19.0 Å². The Bertz CT molecular complexity index is 3540. The number of nitrogens with zero attached hydrogens (tertiary/aromatic N) is 3. The van der Waals surface area contributed by atoms with Gasteiger partial charge in [0.1, 0.15) is 19.2 Å². The van der Waals surface area contributed by atoms with Crippen LogP contribution in [-0.2, 0) is 5.41 Å². The number of hydrogen-bond donors (Lipinski definition) is 0.